The Hall–Kier alpha value is -4.21. The molecule has 0 unspecified atom stereocenters. The number of aromatic carboxylic acids is 1. The maximum Gasteiger partial charge on any atom is 0.341 e. The van der Waals surface area contributed by atoms with Gasteiger partial charge < -0.3 is 20.3 Å². The molecule has 10 heteroatoms. The number of rotatable bonds is 4. The van der Waals surface area contributed by atoms with Gasteiger partial charge in [0.2, 0.25) is 5.43 Å². The predicted octanol–water partition coefficient (Wildman–Crippen LogP) is 3.03. The molecule has 1 saturated heterocycles. The van der Waals surface area contributed by atoms with Crippen molar-refractivity contribution in [2.45, 2.75) is 0 Å². The number of carboxylic acids is 1. The number of carbonyl (C=O) groups is 1. The van der Waals surface area contributed by atoms with Crippen LogP contribution in [0.1, 0.15) is 10.4 Å². The van der Waals surface area contributed by atoms with E-state index in [1.54, 1.807) is 25.2 Å². The second-order valence-electron chi connectivity index (χ2n) is 8.08. The minimum atomic E-state index is -1.35. The van der Waals surface area contributed by atoms with E-state index in [9.17, 15) is 19.1 Å². The van der Waals surface area contributed by atoms with Crippen molar-refractivity contribution in [2.75, 3.05) is 48.5 Å². The minimum absolute atomic E-state index is 0.0850. The van der Waals surface area contributed by atoms with E-state index < -0.39 is 22.8 Å². The fraction of sp³-hybridized carbons (Fsp3) is 0.208. The van der Waals surface area contributed by atoms with Crippen LogP contribution < -0.4 is 20.7 Å². The van der Waals surface area contributed by atoms with Gasteiger partial charge in [-0.2, -0.15) is 0 Å². The van der Waals surface area contributed by atoms with E-state index in [2.05, 4.69) is 15.3 Å². The van der Waals surface area contributed by atoms with E-state index in [0.29, 0.717) is 42.8 Å². The molecule has 0 radical (unpaired) electrons. The first-order chi connectivity index (χ1) is 16.4. The fourth-order valence-electron chi connectivity index (χ4n) is 4.34. The highest BCUT2D eigenvalue weighted by Crippen LogP contribution is 2.28. The highest BCUT2D eigenvalue weighted by molar-refractivity contribution is 5.97. The molecular formula is C24H21F2N5O3. The van der Waals surface area contributed by atoms with Crippen LogP contribution in [-0.4, -0.2) is 54.0 Å². The molecule has 8 nitrogen and oxygen atoms in total. The van der Waals surface area contributed by atoms with Gasteiger partial charge in [-0.05, 0) is 42.5 Å². The van der Waals surface area contributed by atoms with Crippen LogP contribution in [0.5, 0.6) is 0 Å². The highest BCUT2D eigenvalue weighted by Gasteiger charge is 2.22. The van der Waals surface area contributed by atoms with Gasteiger partial charge in [0.05, 0.1) is 16.6 Å². The van der Waals surface area contributed by atoms with Crippen molar-refractivity contribution in [2.24, 2.45) is 0 Å². The van der Waals surface area contributed by atoms with Crippen molar-refractivity contribution in [1.29, 1.82) is 0 Å². The van der Waals surface area contributed by atoms with E-state index in [4.69, 9.17) is 0 Å². The Morgan fingerprint density at radius 1 is 1.03 bits per heavy atom. The van der Waals surface area contributed by atoms with Crippen LogP contribution in [0.25, 0.3) is 21.9 Å². The Kier molecular flexibility index (Phi) is 5.27. The largest absolute Gasteiger partial charge is 0.477 e. The summed E-state index contributed by atoms with van der Waals surface area (Å²) in [5.74, 6) is -2.09. The summed E-state index contributed by atoms with van der Waals surface area (Å²) in [5.41, 5.74) is 3.78. The molecule has 0 atom stereocenters. The van der Waals surface area contributed by atoms with Crippen molar-refractivity contribution < 1.29 is 18.7 Å². The molecule has 0 saturated carbocycles. The van der Waals surface area contributed by atoms with Crippen molar-refractivity contribution in [1.82, 2.24) is 9.66 Å². The zero-order valence-corrected chi connectivity index (χ0v) is 18.3. The molecule has 0 spiro atoms. The Morgan fingerprint density at radius 2 is 1.71 bits per heavy atom. The van der Waals surface area contributed by atoms with E-state index in [-0.39, 0.29) is 16.9 Å². The van der Waals surface area contributed by atoms with Crippen LogP contribution in [0.2, 0.25) is 0 Å². The first kappa shape index (κ1) is 21.6. The summed E-state index contributed by atoms with van der Waals surface area (Å²) < 4.78 is 29.7. The number of carboxylic acid groups (broad SMARTS) is 1. The molecule has 5 rings (SSSR count). The van der Waals surface area contributed by atoms with E-state index in [1.807, 2.05) is 4.90 Å². The number of benzene rings is 2. The van der Waals surface area contributed by atoms with Crippen LogP contribution in [0.15, 0.2) is 53.5 Å². The Balaban J connectivity index is 1.51. The van der Waals surface area contributed by atoms with Gasteiger partial charge in [-0.15, -0.1) is 0 Å². The summed E-state index contributed by atoms with van der Waals surface area (Å²) in [5, 5.41) is 9.83. The van der Waals surface area contributed by atoms with Gasteiger partial charge in [0.1, 0.15) is 17.2 Å². The van der Waals surface area contributed by atoms with E-state index >= 15 is 4.39 Å². The third-order valence-electron chi connectivity index (χ3n) is 6.12. The molecule has 1 aliphatic heterocycles. The lowest BCUT2D eigenvalue weighted by atomic mass is 10.1. The molecule has 2 aromatic heterocycles. The molecule has 1 fully saturated rings. The first-order valence-corrected chi connectivity index (χ1v) is 10.7. The normalized spacial score (nSPS) is 14.1. The number of pyridine rings is 2. The van der Waals surface area contributed by atoms with Crippen molar-refractivity contribution in [3.05, 3.63) is 76.1 Å². The van der Waals surface area contributed by atoms with Gasteiger partial charge >= 0.3 is 5.97 Å². The van der Waals surface area contributed by atoms with Gasteiger partial charge in [-0.1, -0.05) is 0 Å². The molecule has 1 aliphatic rings. The van der Waals surface area contributed by atoms with Crippen LogP contribution in [0.4, 0.5) is 20.2 Å². The number of aromatic nitrogens is 2. The molecule has 4 aromatic rings. The predicted molar refractivity (Wildman–Crippen MR) is 127 cm³/mol. The Morgan fingerprint density at radius 3 is 2.35 bits per heavy atom. The lowest BCUT2D eigenvalue weighted by Crippen LogP contribution is -2.46. The van der Waals surface area contributed by atoms with Crippen molar-refractivity contribution >= 4 is 39.3 Å². The zero-order chi connectivity index (χ0) is 24.0. The third-order valence-corrected chi connectivity index (χ3v) is 6.12. The smallest absolute Gasteiger partial charge is 0.341 e. The van der Waals surface area contributed by atoms with Crippen molar-refractivity contribution in [3.63, 3.8) is 0 Å². The topological polar surface area (TPSA) is 90.7 Å². The molecule has 2 N–H and O–H groups in total. The Labute approximate surface area is 192 Å². The van der Waals surface area contributed by atoms with Crippen molar-refractivity contribution in [3.8, 4) is 0 Å². The summed E-state index contributed by atoms with van der Waals surface area (Å²) >= 11 is 0. The number of nitrogens with zero attached hydrogens (tertiary/aromatic N) is 4. The highest BCUT2D eigenvalue weighted by atomic mass is 19.1. The van der Waals surface area contributed by atoms with Gasteiger partial charge in [-0.25, -0.2) is 23.2 Å². The lowest BCUT2D eigenvalue weighted by molar-refractivity contribution is 0.0695. The van der Waals surface area contributed by atoms with E-state index in [1.165, 1.54) is 35.1 Å². The van der Waals surface area contributed by atoms with Crippen LogP contribution in [-0.2, 0) is 0 Å². The van der Waals surface area contributed by atoms with Crippen LogP contribution in [0, 0.1) is 11.6 Å². The lowest BCUT2D eigenvalue weighted by Gasteiger charge is -2.37. The molecule has 0 amide bonds. The maximum atomic E-state index is 15.1. The molecular weight excluding hydrogens is 444 g/mol. The zero-order valence-electron chi connectivity index (χ0n) is 18.3. The minimum Gasteiger partial charge on any atom is -0.477 e. The number of anilines is 2. The second kappa shape index (κ2) is 8.29. The number of hydrogen-bond acceptors (Lipinski definition) is 6. The molecule has 0 bridgehead atoms. The molecule has 174 valence electrons. The number of hydrogen-bond donors (Lipinski definition) is 2. The summed E-state index contributed by atoms with van der Waals surface area (Å²) in [6.07, 6.45) is 1.19. The average molecular weight is 465 g/mol. The summed E-state index contributed by atoms with van der Waals surface area (Å²) in [7, 11) is 1.58. The van der Waals surface area contributed by atoms with Gasteiger partial charge in [0.15, 0.2) is 5.65 Å². The molecule has 3 heterocycles. The van der Waals surface area contributed by atoms with Gasteiger partial charge in [0, 0.05) is 50.5 Å². The molecule has 2 aromatic carbocycles. The number of nitrogens with one attached hydrogen (secondary N) is 1. The monoisotopic (exact) mass is 465 g/mol. The average Bonchev–Trinajstić information content (AvgIpc) is 2.83. The second-order valence-corrected chi connectivity index (χ2v) is 8.08. The SMILES string of the molecule is CNn1cc(C(=O)O)c(=O)c2cc3cc(F)c(N4CCN(c5ccc(F)cc5)CC4)cc3nc21. The molecule has 34 heavy (non-hydrogen) atoms. The van der Waals surface area contributed by atoms with Gasteiger partial charge in [-0.3, -0.25) is 4.79 Å². The van der Waals surface area contributed by atoms with Crippen LogP contribution in [0.3, 0.4) is 0 Å². The maximum absolute atomic E-state index is 15.1. The fourth-order valence-corrected chi connectivity index (χ4v) is 4.34. The summed E-state index contributed by atoms with van der Waals surface area (Å²) in [6.45, 7) is 2.42. The Bertz CT molecular complexity index is 1480. The molecule has 0 aliphatic carbocycles. The quantitative estimate of drug-likeness (QED) is 0.448. The number of piperazine rings is 1. The summed E-state index contributed by atoms with van der Waals surface area (Å²) in [4.78, 5) is 32.7. The third kappa shape index (κ3) is 3.66. The van der Waals surface area contributed by atoms with Gasteiger partial charge in [0.25, 0.3) is 0 Å². The van der Waals surface area contributed by atoms with E-state index in [0.717, 1.165) is 5.69 Å². The standard InChI is InChI=1S/C24H21F2N5O3/c1-27-31-13-18(24(33)34)22(32)17-10-14-11-19(26)21(12-20(14)28-23(17)31)30-8-6-29(7-9-30)16-4-2-15(25)3-5-16/h2-5,10-13,27H,6-9H2,1H3,(H,33,34). The first-order valence-electron chi connectivity index (χ1n) is 10.7. The number of halogens is 2. The number of fused-ring (bicyclic) bond motifs is 2. The summed E-state index contributed by atoms with van der Waals surface area (Å²) in [6, 6.07) is 10.7. The van der Waals surface area contributed by atoms with Crippen LogP contribution >= 0.6 is 0 Å².